The van der Waals surface area contributed by atoms with Gasteiger partial charge >= 0.3 is 0 Å². The molecule has 10 N–H and O–H groups in total. The van der Waals surface area contributed by atoms with Crippen molar-refractivity contribution in [2.45, 2.75) is 54.8 Å². The molecule has 0 aliphatic carbocycles. The molecule has 0 aromatic carbocycles. The van der Waals surface area contributed by atoms with Crippen LogP contribution in [0.4, 0.5) is 0 Å². The van der Waals surface area contributed by atoms with E-state index >= 15 is 0 Å². The van der Waals surface area contributed by atoms with E-state index in [0.717, 1.165) is 0 Å². The van der Waals surface area contributed by atoms with Crippen LogP contribution in [0, 0.1) is 0 Å². The lowest BCUT2D eigenvalue weighted by Gasteiger charge is -2.37. The maximum absolute atomic E-state index is 9.25. The molecule has 2 aliphatic heterocycles. The molecule has 0 saturated carbocycles. The van der Waals surface area contributed by atoms with Crippen molar-refractivity contribution in [1.29, 1.82) is 0 Å². The van der Waals surface area contributed by atoms with Crippen LogP contribution >= 0.6 is 0 Å². The van der Waals surface area contributed by atoms with Crippen LogP contribution < -0.4 is 0 Å². The lowest BCUT2D eigenvalue weighted by molar-refractivity contribution is -0.286. The minimum absolute atomic E-state index is 0.526. The van der Waals surface area contributed by atoms with Crippen molar-refractivity contribution < 1.29 is 60.5 Å². The molecule has 0 aromatic rings. The second-order valence-electron chi connectivity index (χ2n) is 5.50. The Bertz CT molecular complexity index is 371. The molecule has 2 saturated heterocycles. The summed E-state index contributed by atoms with van der Waals surface area (Å²) in [5, 5.41) is 89.3. The SMILES string of the molecule is OC[C@H]1O[C@@](O)(CO)[C@@H](O)[C@@H]1O.OC[C@H]1O[C@H](O)[C@H](O)[C@@H](O)[C@@H]1O. The van der Waals surface area contributed by atoms with Gasteiger partial charge in [0.2, 0.25) is 5.79 Å². The van der Waals surface area contributed by atoms with Crippen molar-refractivity contribution in [3.63, 3.8) is 0 Å². The molecule has 2 rings (SSSR count). The largest absolute Gasteiger partial charge is 0.394 e. The highest BCUT2D eigenvalue weighted by molar-refractivity contribution is 4.94. The molecule has 24 heavy (non-hydrogen) atoms. The van der Waals surface area contributed by atoms with Crippen LogP contribution in [0.3, 0.4) is 0 Å². The Balaban J connectivity index is 0.000000240. The Hall–Kier alpha value is -0.480. The van der Waals surface area contributed by atoms with Gasteiger partial charge in [0.05, 0.1) is 19.8 Å². The van der Waals surface area contributed by atoms with Crippen molar-refractivity contribution in [1.82, 2.24) is 0 Å². The molecule has 2 heterocycles. The fourth-order valence-electron chi connectivity index (χ4n) is 2.23. The van der Waals surface area contributed by atoms with Crippen LogP contribution in [0.2, 0.25) is 0 Å². The number of rotatable bonds is 3. The second kappa shape index (κ2) is 8.75. The fraction of sp³-hybridized carbons (Fsp3) is 1.00. The average molecular weight is 360 g/mol. The first kappa shape index (κ1) is 21.6. The van der Waals surface area contributed by atoms with E-state index in [4.69, 9.17) is 46.0 Å². The number of hydrogen-bond acceptors (Lipinski definition) is 12. The molecule has 0 radical (unpaired) electrons. The van der Waals surface area contributed by atoms with E-state index in [-0.39, 0.29) is 0 Å². The standard InChI is InChI=1S/2C6H12O6/c7-1-3-4(9)5(10)6(11,2-8)12-3;7-1-2-3(8)4(9)5(10)6(11)12-2/h3-5,7-11H,1-2H2;2-11H,1H2/t3-,4-,5+,6+;2-,3-,4+,5-,6+/m11/s1. The van der Waals surface area contributed by atoms with E-state index in [0.29, 0.717) is 0 Å². The quantitative estimate of drug-likeness (QED) is 0.227. The summed E-state index contributed by atoms with van der Waals surface area (Å²) in [5.74, 6) is -2.16. The molecule has 0 aromatic heterocycles. The van der Waals surface area contributed by atoms with Crippen molar-refractivity contribution in [2.75, 3.05) is 19.8 Å². The Labute approximate surface area is 136 Å². The van der Waals surface area contributed by atoms with Crippen LogP contribution in [0.5, 0.6) is 0 Å². The van der Waals surface area contributed by atoms with Gasteiger partial charge < -0.3 is 60.5 Å². The monoisotopic (exact) mass is 360 g/mol. The molecule has 12 heteroatoms. The van der Waals surface area contributed by atoms with E-state index in [1.165, 1.54) is 0 Å². The van der Waals surface area contributed by atoms with Gasteiger partial charge in [-0.2, -0.15) is 0 Å². The average Bonchev–Trinajstić information content (AvgIpc) is 2.81. The molecule has 0 spiro atoms. The topological polar surface area (TPSA) is 221 Å². The van der Waals surface area contributed by atoms with E-state index in [2.05, 4.69) is 9.47 Å². The first-order chi connectivity index (χ1) is 11.1. The van der Waals surface area contributed by atoms with E-state index < -0.39 is 74.6 Å². The lowest BCUT2D eigenvalue weighted by Crippen LogP contribution is -2.58. The molecule has 144 valence electrons. The molecule has 0 amide bonds. The highest BCUT2D eigenvalue weighted by Crippen LogP contribution is 2.28. The molecular formula is C12H24O12. The molecular weight excluding hydrogens is 336 g/mol. The van der Waals surface area contributed by atoms with Crippen LogP contribution in [0.25, 0.3) is 0 Å². The first-order valence-electron chi connectivity index (χ1n) is 7.09. The molecule has 2 aliphatic rings. The third kappa shape index (κ3) is 4.37. The summed E-state index contributed by atoms with van der Waals surface area (Å²) in [6.45, 7) is -1.88. The van der Waals surface area contributed by atoms with Crippen molar-refractivity contribution in [2.24, 2.45) is 0 Å². The smallest absolute Gasteiger partial charge is 0.219 e. The summed E-state index contributed by atoms with van der Waals surface area (Å²) in [6.07, 6.45) is -11.1. The molecule has 12 nitrogen and oxygen atoms in total. The number of ether oxygens (including phenoxy) is 2. The predicted molar refractivity (Wildman–Crippen MR) is 72.0 cm³/mol. The predicted octanol–water partition coefficient (Wildman–Crippen LogP) is -6.44. The van der Waals surface area contributed by atoms with Crippen LogP contribution in [-0.2, 0) is 9.47 Å². The number of hydrogen-bond donors (Lipinski definition) is 10. The number of aliphatic hydroxyl groups excluding tert-OH is 9. The maximum atomic E-state index is 9.25. The minimum Gasteiger partial charge on any atom is -0.394 e. The van der Waals surface area contributed by atoms with Gasteiger partial charge in [-0.25, -0.2) is 0 Å². The van der Waals surface area contributed by atoms with Gasteiger partial charge in [0, 0.05) is 0 Å². The van der Waals surface area contributed by atoms with E-state index in [1.807, 2.05) is 0 Å². The summed E-state index contributed by atoms with van der Waals surface area (Å²) >= 11 is 0. The summed E-state index contributed by atoms with van der Waals surface area (Å²) in [4.78, 5) is 0. The van der Waals surface area contributed by atoms with Crippen LogP contribution in [-0.4, -0.2) is 126 Å². The molecule has 0 bridgehead atoms. The Kier molecular flexibility index (Phi) is 7.86. The summed E-state index contributed by atoms with van der Waals surface area (Å²) in [5.41, 5.74) is 0. The normalized spacial score (nSPS) is 48.8. The fourth-order valence-corrected chi connectivity index (χ4v) is 2.23. The maximum Gasteiger partial charge on any atom is 0.219 e. The third-order valence-corrected chi connectivity index (χ3v) is 3.80. The number of aliphatic hydroxyl groups is 10. The zero-order valence-corrected chi connectivity index (χ0v) is 12.5. The van der Waals surface area contributed by atoms with Crippen molar-refractivity contribution in [3.8, 4) is 0 Å². The van der Waals surface area contributed by atoms with Crippen molar-refractivity contribution in [3.05, 3.63) is 0 Å². The molecule has 9 atom stereocenters. The summed E-state index contributed by atoms with van der Waals surface area (Å²) < 4.78 is 9.20. The Morgan fingerprint density at radius 3 is 1.62 bits per heavy atom. The Morgan fingerprint density at radius 1 is 0.708 bits per heavy atom. The Morgan fingerprint density at radius 2 is 1.25 bits per heavy atom. The highest BCUT2D eigenvalue weighted by atomic mass is 16.7. The second-order valence-corrected chi connectivity index (χ2v) is 5.50. The van der Waals surface area contributed by atoms with E-state index in [1.54, 1.807) is 0 Å². The lowest BCUT2D eigenvalue weighted by atomic mass is 10.00. The van der Waals surface area contributed by atoms with Gasteiger partial charge in [-0.05, 0) is 0 Å². The van der Waals surface area contributed by atoms with Gasteiger partial charge in [0.1, 0.15) is 42.7 Å². The van der Waals surface area contributed by atoms with E-state index in [9.17, 15) is 5.11 Å². The zero-order valence-electron chi connectivity index (χ0n) is 12.5. The van der Waals surface area contributed by atoms with Gasteiger partial charge in [-0.15, -0.1) is 0 Å². The van der Waals surface area contributed by atoms with Crippen LogP contribution in [0.15, 0.2) is 0 Å². The van der Waals surface area contributed by atoms with Crippen LogP contribution in [0.1, 0.15) is 0 Å². The zero-order chi connectivity index (χ0) is 18.7. The van der Waals surface area contributed by atoms with Gasteiger partial charge in [-0.3, -0.25) is 0 Å². The minimum atomic E-state index is -2.16. The van der Waals surface area contributed by atoms with Gasteiger partial charge in [0.15, 0.2) is 6.29 Å². The molecule has 0 unspecified atom stereocenters. The van der Waals surface area contributed by atoms with Crippen molar-refractivity contribution >= 4 is 0 Å². The first-order valence-corrected chi connectivity index (χ1v) is 7.09. The summed E-state index contributed by atoms with van der Waals surface area (Å²) in [6, 6.07) is 0. The van der Waals surface area contributed by atoms with Gasteiger partial charge in [0.25, 0.3) is 0 Å². The third-order valence-electron chi connectivity index (χ3n) is 3.80. The highest BCUT2D eigenvalue weighted by Gasteiger charge is 2.52. The summed E-state index contributed by atoms with van der Waals surface area (Å²) in [7, 11) is 0. The van der Waals surface area contributed by atoms with Gasteiger partial charge in [-0.1, -0.05) is 0 Å². The molecule has 2 fully saturated rings.